The molecule has 3 aromatic heterocycles. The van der Waals surface area contributed by atoms with Gasteiger partial charge < -0.3 is 19.9 Å². The highest BCUT2D eigenvalue weighted by atomic mass is 16.5. The van der Waals surface area contributed by atoms with E-state index in [4.69, 9.17) is 19.7 Å². The molecule has 152 valence electrons. The van der Waals surface area contributed by atoms with E-state index < -0.39 is 0 Å². The Balaban J connectivity index is 1.46. The fourth-order valence-corrected chi connectivity index (χ4v) is 3.62. The summed E-state index contributed by atoms with van der Waals surface area (Å²) in [6.45, 7) is 3.63. The maximum absolute atomic E-state index is 5.49. The molecule has 8 heteroatoms. The van der Waals surface area contributed by atoms with Gasteiger partial charge in [0.1, 0.15) is 0 Å². The Morgan fingerprint density at radius 3 is 2.73 bits per heavy atom. The molecule has 0 amide bonds. The third-order valence-corrected chi connectivity index (χ3v) is 5.20. The molecular formula is C22H23N7O. The molecule has 1 aromatic carbocycles. The topological polar surface area (TPSA) is 91.8 Å². The summed E-state index contributed by atoms with van der Waals surface area (Å²) in [6, 6.07) is 12.2. The number of morpholine rings is 1. The number of hydrogen-bond acceptors (Lipinski definition) is 7. The van der Waals surface area contributed by atoms with Crippen LogP contribution in [0.2, 0.25) is 0 Å². The maximum Gasteiger partial charge on any atom is 0.230 e. The minimum Gasteiger partial charge on any atom is -0.378 e. The van der Waals surface area contributed by atoms with Crippen LogP contribution in [0.25, 0.3) is 22.3 Å². The van der Waals surface area contributed by atoms with E-state index in [0.29, 0.717) is 30.9 Å². The summed E-state index contributed by atoms with van der Waals surface area (Å²) in [7, 11) is 0. The van der Waals surface area contributed by atoms with Crippen LogP contribution in [-0.2, 0) is 11.2 Å². The second kappa shape index (κ2) is 8.46. The van der Waals surface area contributed by atoms with Gasteiger partial charge in [0.05, 0.1) is 13.2 Å². The molecule has 1 aliphatic rings. The van der Waals surface area contributed by atoms with Gasteiger partial charge in [-0.25, -0.2) is 0 Å². The zero-order valence-electron chi connectivity index (χ0n) is 16.6. The highest BCUT2D eigenvalue weighted by Crippen LogP contribution is 2.27. The molecule has 0 radical (unpaired) electrons. The van der Waals surface area contributed by atoms with Crippen molar-refractivity contribution in [1.29, 1.82) is 0 Å². The molecule has 0 bridgehead atoms. The van der Waals surface area contributed by atoms with E-state index in [-0.39, 0.29) is 0 Å². The highest BCUT2D eigenvalue weighted by Gasteiger charge is 2.18. The number of nitrogens with zero attached hydrogens (tertiary/aromatic N) is 5. The number of hydrogen-bond donors (Lipinski definition) is 2. The third-order valence-electron chi connectivity index (χ3n) is 5.20. The average Bonchev–Trinajstić information content (AvgIpc) is 3.29. The van der Waals surface area contributed by atoms with E-state index in [0.717, 1.165) is 42.5 Å². The van der Waals surface area contributed by atoms with E-state index in [1.807, 2.05) is 36.8 Å². The van der Waals surface area contributed by atoms with Gasteiger partial charge in [0.2, 0.25) is 11.9 Å². The van der Waals surface area contributed by atoms with Crippen molar-refractivity contribution in [3.8, 4) is 11.4 Å². The van der Waals surface area contributed by atoms with Crippen LogP contribution in [-0.4, -0.2) is 57.8 Å². The summed E-state index contributed by atoms with van der Waals surface area (Å²) < 4.78 is 5.49. The molecule has 4 aromatic rings. The number of H-pyrrole nitrogens is 1. The molecule has 30 heavy (non-hydrogen) atoms. The van der Waals surface area contributed by atoms with E-state index in [2.05, 4.69) is 38.4 Å². The second-order valence-electron chi connectivity index (χ2n) is 7.16. The summed E-state index contributed by atoms with van der Waals surface area (Å²) in [5.41, 5.74) is 3.27. The molecule has 0 atom stereocenters. The Morgan fingerprint density at radius 1 is 1.00 bits per heavy atom. The zero-order valence-corrected chi connectivity index (χ0v) is 16.6. The predicted molar refractivity (Wildman–Crippen MR) is 117 cm³/mol. The largest absolute Gasteiger partial charge is 0.378 e. The summed E-state index contributed by atoms with van der Waals surface area (Å²) in [6.07, 6.45) is 6.42. The molecular weight excluding hydrogens is 378 g/mol. The summed E-state index contributed by atoms with van der Waals surface area (Å²) in [5, 5.41) is 4.47. The lowest BCUT2D eigenvalue weighted by atomic mass is 10.1. The molecule has 0 spiro atoms. The first kappa shape index (κ1) is 18.5. The van der Waals surface area contributed by atoms with E-state index >= 15 is 0 Å². The van der Waals surface area contributed by atoms with Gasteiger partial charge in [-0.3, -0.25) is 4.98 Å². The van der Waals surface area contributed by atoms with Crippen LogP contribution in [0.4, 0.5) is 11.9 Å². The molecule has 4 heterocycles. The smallest absolute Gasteiger partial charge is 0.230 e. The number of rotatable bonds is 6. The lowest BCUT2D eigenvalue weighted by Gasteiger charge is -2.27. The number of aromatic nitrogens is 5. The van der Waals surface area contributed by atoms with Gasteiger partial charge in [-0.15, -0.1) is 0 Å². The normalized spacial score (nSPS) is 14.2. The molecule has 8 nitrogen and oxygen atoms in total. The number of anilines is 2. The second-order valence-corrected chi connectivity index (χ2v) is 7.16. The van der Waals surface area contributed by atoms with Gasteiger partial charge >= 0.3 is 0 Å². The molecule has 5 rings (SSSR count). The first-order chi connectivity index (χ1) is 14.9. The van der Waals surface area contributed by atoms with Gasteiger partial charge in [0.25, 0.3) is 0 Å². The molecule has 0 unspecified atom stereocenters. The quantitative estimate of drug-likeness (QED) is 0.513. The highest BCUT2D eigenvalue weighted by molar-refractivity contribution is 5.93. The summed E-state index contributed by atoms with van der Waals surface area (Å²) in [5.74, 6) is 1.94. The van der Waals surface area contributed by atoms with E-state index in [1.165, 1.54) is 5.56 Å². The van der Waals surface area contributed by atoms with Crippen molar-refractivity contribution < 1.29 is 4.74 Å². The number of fused-ring (bicyclic) bond motifs is 1. The van der Waals surface area contributed by atoms with Crippen molar-refractivity contribution in [3.63, 3.8) is 0 Å². The van der Waals surface area contributed by atoms with Gasteiger partial charge in [0.15, 0.2) is 5.82 Å². The van der Waals surface area contributed by atoms with Gasteiger partial charge in [0, 0.05) is 54.7 Å². The zero-order chi connectivity index (χ0) is 20.2. The van der Waals surface area contributed by atoms with Crippen LogP contribution in [0.3, 0.4) is 0 Å². The van der Waals surface area contributed by atoms with Crippen LogP contribution in [0.1, 0.15) is 5.56 Å². The van der Waals surface area contributed by atoms with Crippen LogP contribution in [0.15, 0.2) is 55.0 Å². The van der Waals surface area contributed by atoms with Gasteiger partial charge in [-0.1, -0.05) is 12.1 Å². The molecule has 0 saturated carbocycles. The molecule has 0 aliphatic carbocycles. The van der Waals surface area contributed by atoms with Crippen molar-refractivity contribution in [2.45, 2.75) is 6.42 Å². The predicted octanol–water partition coefficient (Wildman–Crippen LogP) is 2.91. The number of benzene rings is 1. The summed E-state index contributed by atoms with van der Waals surface area (Å²) in [4.78, 5) is 23.7. The molecule has 2 N–H and O–H groups in total. The van der Waals surface area contributed by atoms with E-state index in [9.17, 15) is 0 Å². The van der Waals surface area contributed by atoms with Crippen LogP contribution >= 0.6 is 0 Å². The van der Waals surface area contributed by atoms with Crippen molar-refractivity contribution in [2.24, 2.45) is 0 Å². The van der Waals surface area contributed by atoms with Gasteiger partial charge in [-0.05, 0) is 36.2 Å². The van der Waals surface area contributed by atoms with Crippen LogP contribution in [0, 0.1) is 0 Å². The fourth-order valence-electron chi connectivity index (χ4n) is 3.62. The first-order valence-electron chi connectivity index (χ1n) is 10.1. The Bertz CT molecular complexity index is 1120. The van der Waals surface area contributed by atoms with Gasteiger partial charge in [-0.2, -0.15) is 15.0 Å². The number of nitrogens with one attached hydrogen (secondary N) is 2. The number of aromatic amines is 1. The summed E-state index contributed by atoms with van der Waals surface area (Å²) >= 11 is 0. The van der Waals surface area contributed by atoms with Crippen molar-refractivity contribution >= 4 is 22.8 Å². The van der Waals surface area contributed by atoms with Crippen molar-refractivity contribution in [1.82, 2.24) is 24.9 Å². The molecule has 1 aliphatic heterocycles. The van der Waals surface area contributed by atoms with Crippen LogP contribution in [0.5, 0.6) is 0 Å². The number of pyridine rings is 1. The maximum atomic E-state index is 5.49. The van der Waals surface area contributed by atoms with Crippen LogP contribution < -0.4 is 10.2 Å². The SMILES string of the molecule is c1cc(-c2nc(NCCc3ccncc3)nc(N3CCOCC3)n2)c2cc[nH]c2c1. The molecule has 1 fully saturated rings. The Hall–Kier alpha value is -3.52. The average molecular weight is 401 g/mol. The van der Waals surface area contributed by atoms with E-state index in [1.54, 1.807) is 0 Å². The minimum atomic E-state index is 0.586. The molecule has 1 saturated heterocycles. The number of ether oxygens (including phenoxy) is 1. The third kappa shape index (κ3) is 3.95. The Labute approximate surface area is 174 Å². The first-order valence-corrected chi connectivity index (χ1v) is 10.1. The van der Waals surface area contributed by atoms with Crippen molar-refractivity contribution in [3.05, 3.63) is 60.6 Å². The minimum absolute atomic E-state index is 0.586. The standard InChI is InChI=1S/C22H23N7O/c1-2-18(17-7-11-24-19(17)3-1)20-26-21(25-10-6-16-4-8-23-9-5-16)28-22(27-20)29-12-14-30-15-13-29/h1-5,7-9,11,24H,6,10,12-15H2,(H,25,26,27,28). The Kier molecular flexibility index (Phi) is 5.22. The lowest BCUT2D eigenvalue weighted by molar-refractivity contribution is 0.122. The fraction of sp³-hybridized carbons (Fsp3) is 0.273. The van der Waals surface area contributed by atoms with Crippen molar-refractivity contribution in [2.75, 3.05) is 43.1 Å². The monoisotopic (exact) mass is 401 g/mol. The lowest BCUT2D eigenvalue weighted by Crippen LogP contribution is -2.37. The Morgan fingerprint density at radius 2 is 1.87 bits per heavy atom.